The van der Waals surface area contributed by atoms with Crippen LogP contribution >= 0.6 is 23.1 Å². The summed E-state index contributed by atoms with van der Waals surface area (Å²) in [6, 6.07) is 3.84. The number of ether oxygens (including phenoxy) is 1. The third-order valence-corrected chi connectivity index (χ3v) is 6.84. The van der Waals surface area contributed by atoms with Gasteiger partial charge in [0.1, 0.15) is 10.9 Å². The van der Waals surface area contributed by atoms with Crippen LogP contribution in [0.25, 0.3) is 0 Å². The Hall–Kier alpha value is -1.55. The van der Waals surface area contributed by atoms with Gasteiger partial charge in [0.05, 0.1) is 24.9 Å². The van der Waals surface area contributed by atoms with Crippen molar-refractivity contribution in [3.8, 4) is 6.07 Å². The molecule has 0 saturated carbocycles. The van der Waals surface area contributed by atoms with Crippen molar-refractivity contribution in [2.45, 2.75) is 76.1 Å². The maximum absolute atomic E-state index is 11.4. The van der Waals surface area contributed by atoms with Gasteiger partial charge in [0.25, 0.3) is 0 Å². The van der Waals surface area contributed by atoms with E-state index in [1.165, 1.54) is 75.2 Å². The molecule has 0 aliphatic heterocycles. The normalized spacial score (nSPS) is 13.5. The average molecular weight is 450 g/mol. The van der Waals surface area contributed by atoms with Gasteiger partial charge in [-0.25, -0.2) is 0 Å². The first-order chi connectivity index (χ1) is 14.6. The molecule has 1 aromatic rings. The van der Waals surface area contributed by atoms with Gasteiger partial charge in [-0.3, -0.25) is 4.79 Å². The predicted octanol–water partition coefficient (Wildman–Crippen LogP) is 6.57. The van der Waals surface area contributed by atoms with Crippen molar-refractivity contribution in [1.82, 2.24) is 0 Å². The lowest BCUT2D eigenvalue weighted by Gasteiger charge is -2.18. The Morgan fingerprint density at radius 1 is 1.27 bits per heavy atom. The van der Waals surface area contributed by atoms with Crippen LogP contribution in [0, 0.1) is 11.3 Å². The molecule has 1 N–H and O–H groups in total. The van der Waals surface area contributed by atoms with Crippen molar-refractivity contribution in [1.29, 1.82) is 5.26 Å². The Balaban J connectivity index is 2.49. The van der Waals surface area contributed by atoms with E-state index in [1.54, 1.807) is 6.07 Å². The van der Waals surface area contributed by atoms with Gasteiger partial charge in [-0.1, -0.05) is 69.8 Å². The number of esters is 1. The molecule has 0 saturated heterocycles. The van der Waals surface area contributed by atoms with E-state index in [1.807, 2.05) is 23.6 Å². The predicted molar refractivity (Wildman–Crippen MR) is 128 cm³/mol. The van der Waals surface area contributed by atoms with Crippen molar-refractivity contribution < 1.29 is 14.6 Å². The summed E-state index contributed by atoms with van der Waals surface area (Å²) >= 11 is 2.85. The molecule has 0 fully saturated rings. The molecule has 1 rings (SSSR count). The largest absolute Gasteiger partial charge is 0.469 e. The number of methoxy groups -OCH3 is 1. The zero-order valence-corrected chi connectivity index (χ0v) is 19.9. The van der Waals surface area contributed by atoms with E-state index in [4.69, 9.17) is 5.26 Å². The number of aliphatic hydroxyl groups is 1. The summed E-state index contributed by atoms with van der Waals surface area (Å²) in [5.74, 6) is 0.312. The van der Waals surface area contributed by atoms with Crippen LogP contribution in [-0.2, 0) is 9.53 Å². The van der Waals surface area contributed by atoms with E-state index < -0.39 is 6.10 Å². The van der Waals surface area contributed by atoms with Crippen molar-refractivity contribution in [3.63, 3.8) is 0 Å². The number of hydrogen-bond acceptors (Lipinski definition) is 6. The number of hydrogen-bond donors (Lipinski definition) is 1. The standard InChI is InChI=1S/C24H35NO3S2/c1-3-4-5-6-7-8-9-10-11-12-13-14-22(29-16-15-23(26)28-2)24(27)20-17-21(18-25)30-19-20/h11-14,17,19,22,24,27H,3-10,15-16H2,1-2H3/b12-11-,14-13+/t22-,24+/m1/s1. The number of rotatable bonds is 16. The molecule has 0 aromatic carbocycles. The highest BCUT2D eigenvalue weighted by Gasteiger charge is 2.20. The second-order valence-electron chi connectivity index (χ2n) is 7.19. The van der Waals surface area contributed by atoms with Crippen molar-refractivity contribution in [3.05, 3.63) is 46.2 Å². The van der Waals surface area contributed by atoms with Crippen molar-refractivity contribution >= 4 is 29.1 Å². The van der Waals surface area contributed by atoms with Crippen LogP contribution < -0.4 is 0 Å². The lowest BCUT2D eigenvalue weighted by atomic mass is 10.1. The molecule has 4 nitrogen and oxygen atoms in total. The summed E-state index contributed by atoms with van der Waals surface area (Å²) in [5, 5.41) is 21.4. The molecular formula is C24H35NO3S2. The number of allylic oxidation sites excluding steroid dienone is 3. The smallest absolute Gasteiger partial charge is 0.306 e. The molecule has 2 atom stereocenters. The first kappa shape index (κ1) is 26.5. The number of aliphatic hydroxyl groups excluding tert-OH is 1. The monoisotopic (exact) mass is 449 g/mol. The number of carbonyl (C=O) groups excluding carboxylic acids is 1. The molecule has 0 aliphatic rings. The Morgan fingerprint density at radius 2 is 2.00 bits per heavy atom. The molecule has 1 aromatic heterocycles. The maximum Gasteiger partial charge on any atom is 0.306 e. The third-order valence-electron chi connectivity index (χ3n) is 4.75. The minimum Gasteiger partial charge on any atom is -0.469 e. The SMILES string of the molecule is CCCCCCCCC/C=C\C=C\[C@@H](SCCC(=O)OC)[C@@H](O)c1csc(C#N)c1. The summed E-state index contributed by atoms with van der Waals surface area (Å²) in [4.78, 5) is 12.0. The van der Waals surface area contributed by atoms with Gasteiger partial charge in [0, 0.05) is 5.75 Å². The van der Waals surface area contributed by atoms with Gasteiger partial charge >= 0.3 is 5.97 Å². The van der Waals surface area contributed by atoms with Gasteiger partial charge in [0.2, 0.25) is 0 Å². The number of nitriles is 1. The Bertz CT molecular complexity index is 691. The van der Waals surface area contributed by atoms with Crippen molar-refractivity contribution in [2.24, 2.45) is 0 Å². The lowest BCUT2D eigenvalue weighted by molar-refractivity contribution is -0.140. The second kappa shape index (κ2) is 17.2. The number of thioether (sulfide) groups is 1. The third kappa shape index (κ3) is 11.6. The first-order valence-corrected chi connectivity index (χ1v) is 12.7. The Labute approximate surface area is 190 Å². The fourth-order valence-corrected chi connectivity index (χ4v) is 4.78. The summed E-state index contributed by atoms with van der Waals surface area (Å²) < 4.78 is 4.69. The average Bonchev–Trinajstić information content (AvgIpc) is 3.25. The van der Waals surface area contributed by atoms with Crippen molar-refractivity contribution in [2.75, 3.05) is 12.9 Å². The van der Waals surface area contributed by atoms with Gasteiger partial charge < -0.3 is 9.84 Å². The fraction of sp³-hybridized carbons (Fsp3) is 0.583. The zero-order chi connectivity index (χ0) is 22.0. The van der Waals surface area contributed by atoms with E-state index >= 15 is 0 Å². The van der Waals surface area contributed by atoms with E-state index in [9.17, 15) is 9.90 Å². The Morgan fingerprint density at radius 3 is 2.67 bits per heavy atom. The topological polar surface area (TPSA) is 70.3 Å². The minimum absolute atomic E-state index is 0.195. The molecule has 6 heteroatoms. The van der Waals surface area contributed by atoms with Crippen LogP contribution in [0.2, 0.25) is 0 Å². The summed E-state index contributed by atoms with van der Waals surface area (Å²) in [7, 11) is 1.38. The molecular weight excluding hydrogens is 414 g/mol. The lowest BCUT2D eigenvalue weighted by Crippen LogP contribution is -2.14. The zero-order valence-electron chi connectivity index (χ0n) is 18.2. The van der Waals surface area contributed by atoms with Crippen LogP contribution in [0.1, 0.15) is 81.3 Å². The number of unbranched alkanes of at least 4 members (excludes halogenated alkanes) is 7. The highest BCUT2D eigenvalue weighted by Crippen LogP contribution is 2.31. The quantitative estimate of drug-likeness (QED) is 0.175. The molecule has 0 bridgehead atoms. The highest BCUT2D eigenvalue weighted by atomic mass is 32.2. The minimum atomic E-state index is -0.723. The molecule has 30 heavy (non-hydrogen) atoms. The van der Waals surface area contributed by atoms with Crippen LogP contribution in [0.15, 0.2) is 35.8 Å². The first-order valence-electron chi connectivity index (χ1n) is 10.8. The number of carbonyl (C=O) groups is 1. The Kier molecular flexibility index (Phi) is 15.2. The van der Waals surface area contributed by atoms with E-state index in [0.717, 1.165) is 12.0 Å². The molecule has 0 aliphatic carbocycles. The fourth-order valence-electron chi connectivity index (χ4n) is 2.95. The van der Waals surface area contributed by atoms with E-state index in [-0.39, 0.29) is 11.2 Å². The van der Waals surface area contributed by atoms with Crippen LogP contribution in [0.4, 0.5) is 0 Å². The molecule has 166 valence electrons. The molecule has 0 unspecified atom stereocenters. The van der Waals surface area contributed by atoms with Gasteiger partial charge in [-0.15, -0.1) is 11.3 Å². The van der Waals surface area contributed by atoms with Gasteiger partial charge in [-0.2, -0.15) is 17.0 Å². The molecule has 0 radical (unpaired) electrons. The second-order valence-corrected chi connectivity index (χ2v) is 9.38. The van der Waals surface area contributed by atoms with Gasteiger partial charge in [-0.05, 0) is 29.9 Å². The molecule has 0 spiro atoms. The number of thiophene rings is 1. The van der Waals surface area contributed by atoms with Gasteiger partial charge in [0.15, 0.2) is 0 Å². The van der Waals surface area contributed by atoms with E-state index in [0.29, 0.717) is 17.1 Å². The van der Waals surface area contributed by atoms with Crippen LogP contribution in [0.5, 0.6) is 0 Å². The summed E-state index contributed by atoms with van der Waals surface area (Å²) in [6.45, 7) is 2.24. The maximum atomic E-state index is 11.4. The highest BCUT2D eigenvalue weighted by molar-refractivity contribution is 8.00. The molecule has 0 amide bonds. The van der Waals surface area contributed by atoms with Crippen LogP contribution in [-0.4, -0.2) is 29.2 Å². The molecule has 1 heterocycles. The number of nitrogens with zero attached hydrogens (tertiary/aromatic N) is 1. The summed E-state index contributed by atoms with van der Waals surface area (Å²) in [6.07, 6.45) is 17.9. The van der Waals surface area contributed by atoms with Crippen LogP contribution in [0.3, 0.4) is 0 Å². The summed E-state index contributed by atoms with van der Waals surface area (Å²) in [5.41, 5.74) is 0.740. The van der Waals surface area contributed by atoms with E-state index in [2.05, 4.69) is 23.8 Å².